The molecular weight excluding hydrogens is 278 g/mol. The molecule has 0 N–H and O–H groups in total. The minimum atomic E-state index is 0.768. The van der Waals surface area contributed by atoms with Gasteiger partial charge in [0.25, 0.3) is 0 Å². The van der Waals surface area contributed by atoms with Crippen molar-refractivity contribution in [2.45, 2.75) is 19.8 Å². The summed E-state index contributed by atoms with van der Waals surface area (Å²) < 4.78 is 0. The van der Waals surface area contributed by atoms with E-state index < -0.39 is 0 Å². The van der Waals surface area contributed by atoms with Crippen molar-refractivity contribution in [3.05, 3.63) is 100 Å². The van der Waals surface area contributed by atoms with Crippen LogP contribution in [0.3, 0.4) is 0 Å². The fraction of sp³-hybridized carbons (Fsp3) is 0.136. The summed E-state index contributed by atoms with van der Waals surface area (Å²) in [6, 6.07) is 22.9. The maximum Gasteiger partial charge on any atom is 0.0609 e. The number of rotatable bonds is 4. The van der Waals surface area contributed by atoms with Crippen LogP contribution in [0.5, 0.6) is 0 Å². The van der Waals surface area contributed by atoms with Crippen LogP contribution in [-0.4, -0.2) is 4.98 Å². The smallest absolute Gasteiger partial charge is 0.0609 e. The number of terminal acetylenes is 1. The van der Waals surface area contributed by atoms with Crippen molar-refractivity contribution < 1.29 is 0 Å². The first-order chi connectivity index (χ1) is 11.3. The number of hydrogen-bond acceptors (Lipinski definition) is 1. The zero-order valence-electron chi connectivity index (χ0n) is 13.3. The average Bonchev–Trinajstić information content (AvgIpc) is 2.57. The van der Waals surface area contributed by atoms with Crippen molar-refractivity contribution in [2.24, 2.45) is 0 Å². The van der Waals surface area contributed by atoms with E-state index in [4.69, 9.17) is 11.4 Å². The summed E-state index contributed by atoms with van der Waals surface area (Å²) in [7, 11) is 0. The van der Waals surface area contributed by atoms with Crippen molar-refractivity contribution in [3.63, 3.8) is 0 Å². The molecular formula is C22H19N. The van der Waals surface area contributed by atoms with Gasteiger partial charge in [0.05, 0.1) is 5.69 Å². The fourth-order valence-corrected chi connectivity index (χ4v) is 2.82. The third kappa shape index (κ3) is 3.67. The Morgan fingerprint density at radius 3 is 2.00 bits per heavy atom. The Kier molecular flexibility index (Phi) is 4.54. The summed E-state index contributed by atoms with van der Waals surface area (Å²) in [5, 5.41) is 0. The molecule has 0 amide bonds. The van der Waals surface area contributed by atoms with Gasteiger partial charge in [-0.2, -0.15) is 0 Å². The molecule has 1 heterocycles. The highest BCUT2D eigenvalue weighted by atomic mass is 14.7. The van der Waals surface area contributed by atoms with E-state index in [1.165, 1.54) is 11.1 Å². The predicted molar refractivity (Wildman–Crippen MR) is 95.4 cm³/mol. The van der Waals surface area contributed by atoms with Gasteiger partial charge in [0, 0.05) is 24.1 Å². The quantitative estimate of drug-likeness (QED) is 0.644. The Hall–Kier alpha value is -2.85. The summed E-state index contributed by atoms with van der Waals surface area (Å²) in [6.45, 7) is 2.07. The Bertz CT molecular complexity index is 827. The van der Waals surface area contributed by atoms with Crippen molar-refractivity contribution in [3.8, 4) is 12.3 Å². The molecule has 0 aliphatic carbocycles. The van der Waals surface area contributed by atoms with Gasteiger partial charge in [-0.1, -0.05) is 66.6 Å². The van der Waals surface area contributed by atoms with Gasteiger partial charge in [-0.3, -0.25) is 4.98 Å². The molecule has 23 heavy (non-hydrogen) atoms. The number of hydrogen-bond donors (Lipinski definition) is 0. The lowest BCUT2D eigenvalue weighted by molar-refractivity contribution is 0.976. The van der Waals surface area contributed by atoms with Crippen molar-refractivity contribution >= 4 is 0 Å². The van der Waals surface area contributed by atoms with Crippen LogP contribution in [0.1, 0.15) is 33.6 Å². The van der Waals surface area contributed by atoms with E-state index in [-0.39, 0.29) is 0 Å². The molecule has 0 saturated heterocycles. The van der Waals surface area contributed by atoms with Crippen molar-refractivity contribution in [2.75, 3.05) is 0 Å². The molecule has 0 aliphatic heterocycles. The van der Waals surface area contributed by atoms with E-state index in [9.17, 15) is 0 Å². The van der Waals surface area contributed by atoms with Crippen LogP contribution >= 0.6 is 0 Å². The molecule has 0 fully saturated rings. The summed E-state index contributed by atoms with van der Waals surface area (Å²) in [5.74, 6) is 2.81. The predicted octanol–water partition coefficient (Wildman–Crippen LogP) is 4.55. The van der Waals surface area contributed by atoms with E-state index in [1.807, 2.05) is 24.3 Å². The van der Waals surface area contributed by atoms with E-state index >= 15 is 0 Å². The maximum atomic E-state index is 5.72. The Morgan fingerprint density at radius 1 is 0.870 bits per heavy atom. The maximum absolute atomic E-state index is 5.72. The average molecular weight is 297 g/mol. The van der Waals surface area contributed by atoms with Gasteiger partial charge in [0.15, 0.2) is 0 Å². The molecule has 0 saturated carbocycles. The molecule has 0 spiro atoms. The molecule has 1 aromatic heterocycles. The number of nitrogens with zero attached hydrogens (tertiary/aromatic N) is 1. The van der Waals surface area contributed by atoms with Crippen LogP contribution in [0.25, 0.3) is 0 Å². The number of benzene rings is 2. The number of aryl methyl sites for hydroxylation is 1. The van der Waals surface area contributed by atoms with Gasteiger partial charge in [-0.15, -0.1) is 6.42 Å². The highest BCUT2D eigenvalue weighted by molar-refractivity contribution is 5.46. The second-order valence-corrected chi connectivity index (χ2v) is 5.72. The Morgan fingerprint density at radius 2 is 1.43 bits per heavy atom. The van der Waals surface area contributed by atoms with Crippen molar-refractivity contribution in [1.82, 2.24) is 4.98 Å². The highest BCUT2D eigenvalue weighted by Gasteiger charge is 2.10. The SMILES string of the molecule is C#Cc1c(C)cc(Cc2ccccc2)nc1Cc1ccccc1. The molecule has 1 nitrogen and oxygen atoms in total. The van der Waals surface area contributed by atoms with Crippen LogP contribution in [-0.2, 0) is 12.8 Å². The van der Waals surface area contributed by atoms with E-state index in [2.05, 4.69) is 55.3 Å². The molecule has 3 rings (SSSR count). The molecule has 0 radical (unpaired) electrons. The third-order valence-electron chi connectivity index (χ3n) is 3.93. The van der Waals surface area contributed by atoms with E-state index in [0.29, 0.717) is 0 Å². The van der Waals surface area contributed by atoms with E-state index in [0.717, 1.165) is 35.4 Å². The lowest BCUT2D eigenvalue weighted by Gasteiger charge is -2.11. The van der Waals surface area contributed by atoms with Crippen LogP contribution in [0.4, 0.5) is 0 Å². The highest BCUT2D eigenvalue weighted by Crippen LogP contribution is 2.18. The molecule has 2 aromatic carbocycles. The second kappa shape index (κ2) is 6.94. The fourth-order valence-electron chi connectivity index (χ4n) is 2.82. The normalized spacial score (nSPS) is 10.3. The summed E-state index contributed by atoms with van der Waals surface area (Å²) in [6.07, 6.45) is 7.31. The zero-order valence-corrected chi connectivity index (χ0v) is 13.3. The summed E-state index contributed by atoms with van der Waals surface area (Å²) in [5.41, 5.74) is 6.60. The second-order valence-electron chi connectivity index (χ2n) is 5.72. The monoisotopic (exact) mass is 297 g/mol. The van der Waals surface area contributed by atoms with Gasteiger partial charge in [-0.05, 0) is 29.7 Å². The number of pyridine rings is 1. The molecule has 0 unspecified atom stereocenters. The molecule has 3 aromatic rings. The first-order valence-electron chi connectivity index (χ1n) is 7.80. The zero-order chi connectivity index (χ0) is 16.1. The van der Waals surface area contributed by atoms with E-state index in [1.54, 1.807) is 0 Å². The van der Waals surface area contributed by atoms with Crippen LogP contribution in [0.2, 0.25) is 0 Å². The van der Waals surface area contributed by atoms with Gasteiger partial charge in [0.1, 0.15) is 0 Å². The number of aromatic nitrogens is 1. The Balaban J connectivity index is 1.95. The molecule has 0 bridgehead atoms. The standard InChI is InChI=1S/C22H19N/c1-3-21-17(2)14-20(15-18-10-6-4-7-11-18)23-22(21)16-19-12-8-5-9-13-19/h1,4-14H,15-16H2,2H3. The third-order valence-corrected chi connectivity index (χ3v) is 3.93. The van der Waals surface area contributed by atoms with Gasteiger partial charge < -0.3 is 0 Å². The minimum absolute atomic E-state index is 0.768. The Labute approximate surface area is 138 Å². The lowest BCUT2D eigenvalue weighted by atomic mass is 9.99. The molecule has 112 valence electrons. The first kappa shape index (κ1) is 15.1. The van der Waals surface area contributed by atoms with Gasteiger partial charge in [-0.25, -0.2) is 0 Å². The topological polar surface area (TPSA) is 12.9 Å². The van der Waals surface area contributed by atoms with Crippen LogP contribution < -0.4 is 0 Å². The van der Waals surface area contributed by atoms with Crippen LogP contribution in [0.15, 0.2) is 66.7 Å². The lowest BCUT2D eigenvalue weighted by Crippen LogP contribution is -2.04. The molecule has 1 heteroatoms. The largest absolute Gasteiger partial charge is 0.256 e. The molecule has 0 atom stereocenters. The first-order valence-corrected chi connectivity index (χ1v) is 7.80. The van der Waals surface area contributed by atoms with Gasteiger partial charge in [0.2, 0.25) is 0 Å². The summed E-state index contributed by atoms with van der Waals surface area (Å²) in [4.78, 5) is 4.85. The summed E-state index contributed by atoms with van der Waals surface area (Å²) >= 11 is 0. The van der Waals surface area contributed by atoms with Crippen molar-refractivity contribution in [1.29, 1.82) is 0 Å². The van der Waals surface area contributed by atoms with Crippen LogP contribution in [0, 0.1) is 19.3 Å². The van der Waals surface area contributed by atoms with Gasteiger partial charge >= 0.3 is 0 Å². The molecule has 0 aliphatic rings. The minimum Gasteiger partial charge on any atom is -0.256 e.